The van der Waals surface area contributed by atoms with E-state index in [0.717, 1.165) is 28.8 Å². The number of hydrogen-bond acceptors (Lipinski definition) is 4. The Kier molecular flexibility index (Phi) is 5.89. The second-order valence-corrected chi connectivity index (χ2v) is 5.96. The Bertz CT molecular complexity index is 366. The van der Waals surface area contributed by atoms with Crippen molar-refractivity contribution in [2.24, 2.45) is 0 Å². The smallest absolute Gasteiger partial charge is 0.0900 e. The van der Waals surface area contributed by atoms with E-state index in [4.69, 9.17) is 6.42 Å². The molecule has 1 heterocycles. The maximum atomic E-state index is 5.19. The normalized spacial score (nSPS) is 12.4. The van der Waals surface area contributed by atoms with Crippen molar-refractivity contribution in [3.63, 3.8) is 0 Å². The van der Waals surface area contributed by atoms with E-state index in [-0.39, 0.29) is 0 Å². The largest absolute Gasteiger partial charge is 0.309 e. The molecular formula is C12H18N2S2. The summed E-state index contributed by atoms with van der Waals surface area (Å²) >= 11 is 3.57. The highest BCUT2D eigenvalue weighted by atomic mass is 32.2. The molecule has 0 fully saturated rings. The minimum Gasteiger partial charge on any atom is -0.309 e. The van der Waals surface area contributed by atoms with E-state index in [1.165, 1.54) is 4.88 Å². The van der Waals surface area contributed by atoms with Crippen molar-refractivity contribution in [1.82, 2.24) is 10.3 Å². The van der Waals surface area contributed by atoms with Crippen LogP contribution in [-0.4, -0.2) is 23.0 Å². The van der Waals surface area contributed by atoms with Gasteiger partial charge >= 0.3 is 0 Å². The van der Waals surface area contributed by atoms with E-state index >= 15 is 0 Å². The van der Waals surface area contributed by atoms with Gasteiger partial charge in [-0.1, -0.05) is 5.92 Å². The summed E-state index contributed by atoms with van der Waals surface area (Å²) in [6, 6.07) is 0.387. The van der Waals surface area contributed by atoms with Crippen LogP contribution in [0.1, 0.15) is 28.5 Å². The SMILES string of the molecule is C#CCSCCNC(C)c1sc(C)nc1C. The summed E-state index contributed by atoms with van der Waals surface area (Å²) in [5.74, 6) is 4.49. The molecule has 0 amide bonds. The number of thioether (sulfide) groups is 1. The average molecular weight is 254 g/mol. The first kappa shape index (κ1) is 13.6. The zero-order valence-electron chi connectivity index (χ0n) is 10.0. The molecule has 1 aromatic rings. The van der Waals surface area contributed by atoms with Gasteiger partial charge in [0.05, 0.1) is 16.5 Å². The van der Waals surface area contributed by atoms with Crippen molar-refractivity contribution in [3.05, 3.63) is 15.6 Å². The fraction of sp³-hybridized carbons (Fsp3) is 0.583. The second kappa shape index (κ2) is 6.95. The van der Waals surface area contributed by atoms with E-state index in [1.54, 1.807) is 23.1 Å². The van der Waals surface area contributed by atoms with Gasteiger partial charge in [0.25, 0.3) is 0 Å². The Hall–Kier alpha value is -0.500. The molecule has 1 rings (SSSR count). The summed E-state index contributed by atoms with van der Waals surface area (Å²) in [5, 5.41) is 4.63. The maximum absolute atomic E-state index is 5.19. The van der Waals surface area contributed by atoms with Gasteiger partial charge in [-0.3, -0.25) is 0 Å². The van der Waals surface area contributed by atoms with E-state index in [9.17, 15) is 0 Å². The fourth-order valence-electron chi connectivity index (χ4n) is 1.52. The van der Waals surface area contributed by atoms with Gasteiger partial charge in [-0.05, 0) is 20.8 Å². The van der Waals surface area contributed by atoms with Crippen molar-refractivity contribution in [2.75, 3.05) is 18.1 Å². The molecule has 0 saturated carbocycles. The summed E-state index contributed by atoms with van der Waals surface area (Å²) in [6.45, 7) is 7.30. The van der Waals surface area contributed by atoms with Crippen LogP contribution >= 0.6 is 23.1 Å². The molecule has 16 heavy (non-hydrogen) atoms. The van der Waals surface area contributed by atoms with Gasteiger partial charge in [0, 0.05) is 23.2 Å². The van der Waals surface area contributed by atoms with Crippen LogP contribution in [0, 0.1) is 26.2 Å². The molecule has 0 aliphatic heterocycles. The van der Waals surface area contributed by atoms with Crippen molar-refractivity contribution < 1.29 is 0 Å². The molecule has 0 saturated heterocycles. The third-order valence-corrected chi connectivity index (χ3v) is 4.33. The Morgan fingerprint density at radius 2 is 2.31 bits per heavy atom. The molecule has 1 aromatic heterocycles. The lowest BCUT2D eigenvalue weighted by Crippen LogP contribution is -2.21. The molecule has 0 aromatic carbocycles. The molecule has 0 bridgehead atoms. The lowest BCUT2D eigenvalue weighted by Gasteiger charge is -2.12. The third kappa shape index (κ3) is 4.17. The summed E-state index contributed by atoms with van der Waals surface area (Å²) in [5.41, 5.74) is 1.15. The molecule has 0 spiro atoms. The summed E-state index contributed by atoms with van der Waals surface area (Å²) in [7, 11) is 0. The van der Waals surface area contributed by atoms with Crippen LogP contribution in [0.4, 0.5) is 0 Å². The van der Waals surface area contributed by atoms with Crippen LogP contribution in [0.2, 0.25) is 0 Å². The van der Waals surface area contributed by atoms with Crippen molar-refractivity contribution in [1.29, 1.82) is 0 Å². The molecule has 88 valence electrons. The number of nitrogens with one attached hydrogen (secondary N) is 1. The number of thiazole rings is 1. The van der Waals surface area contributed by atoms with Gasteiger partial charge in [-0.15, -0.1) is 29.5 Å². The molecule has 0 aliphatic rings. The third-order valence-electron chi connectivity index (χ3n) is 2.22. The molecule has 1 N–H and O–H groups in total. The fourth-order valence-corrected chi connectivity index (χ4v) is 3.00. The predicted octanol–water partition coefficient (Wildman–Crippen LogP) is 2.78. The van der Waals surface area contributed by atoms with Gasteiger partial charge in [0.15, 0.2) is 0 Å². The number of hydrogen-bond donors (Lipinski definition) is 1. The summed E-state index contributed by atoms with van der Waals surface area (Å²) in [6.07, 6.45) is 5.19. The lowest BCUT2D eigenvalue weighted by atomic mass is 10.2. The first-order chi connectivity index (χ1) is 7.65. The number of aromatic nitrogens is 1. The molecule has 0 aliphatic carbocycles. The summed E-state index contributed by atoms with van der Waals surface area (Å²) < 4.78 is 0. The highest BCUT2D eigenvalue weighted by Gasteiger charge is 2.11. The van der Waals surface area contributed by atoms with E-state index in [2.05, 4.69) is 37.0 Å². The van der Waals surface area contributed by atoms with E-state index in [0.29, 0.717) is 6.04 Å². The van der Waals surface area contributed by atoms with Gasteiger partial charge < -0.3 is 5.32 Å². The maximum Gasteiger partial charge on any atom is 0.0900 e. The Balaban J connectivity index is 2.33. The minimum absolute atomic E-state index is 0.387. The van der Waals surface area contributed by atoms with Crippen molar-refractivity contribution >= 4 is 23.1 Å². The second-order valence-electron chi connectivity index (χ2n) is 3.62. The molecule has 0 radical (unpaired) electrons. The standard InChI is InChI=1S/C12H18N2S2/c1-5-7-15-8-6-13-9(2)12-10(3)14-11(4)16-12/h1,9,13H,6-8H2,2-4H3. The van der Waals surface area contributed by atoms with Crippen LogP contribution in [0.3, 0.4) is 0 Å². The zero-order chi connectivity index (χ0) is 12.0. The minimum atomic E-state index is 0.387. The number of terminal acetylenes is 1. The predicted molar refractivity (Wildman–Crippen MR) is 74.2 cm³/mol. The summed E-state index contributed by atoms with van der Waals surface area (Å²) in [4.78, 5) is 5.78. The van der Waals surface area contributed by atoms with E-state index in [1.807, 2.05) is 0 Å². The van der Waals surface area contributed by atoms with Gasteiger partial charge in [-0.2, -0.15) is 0 Å². The Labute approximate surface area is 106 Å². The number of nitrogens with zero attached hydrogens (tertiary/aromatic N) is 1. The van der Waals surface area contributed by atoms with Crippen LogP contribution in [0.15, 0.2) is 0 Å². The quantitative estimate of drug-likeness (QED) is 0.624. The number of aryl methyl sites for hydroxylation is 2. The Morgan fingerprint density at radius 1 is 1.56 bits per heavy atom. The molecule has 1 atom stereocenters. The molecule has 1 unspecified atom stereocenters. The van der Waals surface area contributed by atoms with Crippen LogP contribution in [-0.2, 0) is 0 Å². The lowest BCUT2D eigenvalue weighted by molar-refractivity contribution is 0.606. The van der Waals surface area contributed by atoms with Crippen LogP contribution in [0.5, 0.6) is 0 Å². The number of rotatable bonds is 6. The average Bonchev–Trinajstić information content (AvgIpc) is 2.57. The van der Waals surface area contributed by atoms with Crippen molar-refractivity contribution in [2.45, 2.75) is 26.8 Å². The molecule has 4 heteroatoms. The highest BCUT2D eigenvalue weighted by Crippen LogP contribution is 2.24. The first-order valence-corrected chi connectivity index (χ1v) is 7.30. The van der Waals surface area contributed by atoms with Crippen LogP contribution < -0.4 is 5.32 Å². The van der Waals surface area contributed by atoms with Crippen LogP contribution in [0.25, 0.3) is 0 Å². The van der Waals surface area contributed by atoms with Gasteiger partial charge in [0.2, 0.25) is 0 Å². The highest BCUT2D eigenvalue weighted by molar-refractivity contribution is 7.99. The van der Waals surface area contributed by atoms with Gasteiger partial charge in [0.1, 0.15) is 0 Å². The van der Waals surface area contributed by atoms with Gasteiger partial charge in [-0.25, -0.2) is 4.98 Å². The van der Waals surface area contributed by atoms with Crippen molar-refractivity contribution in [3.8, 4) is 12.3 Å². The molecular weight excluding hydrogens is 236 g/mol. The monoisotopic (exact) mass is 254 g/mol. The Morgan fingerprint density at radius 3 is 2.88 bits per heavy atom. The topological polar surface area (TPSA) is 24.9 Å². The first-order valence-electron chi connectivity index (χ1n) is 5.33. The molecule has 2 nitrogen and oxygen atoms in total. The zero-order valence-corrected chi connectivity index (χ0v) is 11.7. The van der Waals surface area contributed by atoms with E-state index < -0.39 is 0 Å².